The largest absolute Gasteiger partial charge is 0.497 e. The molecule has 3 aromatic rings. The van der Waals surface area contributed by atoms with Gasteiger partial charge in [-0.3, -0.25) is 4.79 Å². The van der Waals surface area contributed by atoms with Gasteiger partial charge >= 0.3 is 0 Å². The highest BCUT2D eigenvalue weighted by Crippen LogP contribution is 2.15. The lowest BCUT2D eigenvalue weighted by molar-refractivity contribution is 0.414. The van der Waals surface area contributed by atoms with Gasteiger partial charge in [0, 0.05) is 10.1 Å². The van der Waals surface area contributed by atoms with Crippen LogP contribution in [0.3, 0.4) is 0 Å². The normalized spacial score (nSPS) is 10.7. The molecule has 0 saturated heterocycles. The number of aromatic nitrogens is 2. The molecule has 0 aliphatic carbocycles. The zero-order chi connectivity index (χ0) is 18.5. The minimum Gasteiger partial charge on any atom is -0.497 e. The molecule has 0 bridgehead atoms. The van der Waals surface area contributed by atoms with E-state index in [-0.39, 0.29) is 5.56 Å². The summed E-state index contributed by atoms with van der Waals surface area (Å²) in [6.07, 6.45) is 0. The van der Waals surface area contributed by atoms with Gasteiger partial charge in [0.2, 0.25) is 0 Å². The van der Waals surface area contributed by atoms with Crippen LogP contribution in [0.25, 0.3) is 10.9 Å². The molecule has 134 valence electrons. The minimum absolute atomic E-state index is 0.124. The van der Waals surface area contributed by atoms with Crippen molar-refractivity contribution in [3.8, 4) is 5.75 Å². The molecular formula is C18H16IN3O2S2. The number of rotatable bonds is 5. The average Bonchev–Trinajstić information content (AvgIpc) is 2.65. The topological polar surface area (TPSA) is 67.0 Å². The summed E-state index contributed by atoms with van der Waals surface area (Å²) in [5, 5.41) is 3.80. The third-order valence-electron chi connectivity index (χ3n) is 3.65. The van der Waals surface area contributed by atoms with Crippen molar-refractivity contribution in [3.63, 3.8) is 0 Å². The van der Waals surface area contributed by atoms with E-state index in [0.717, 1.165) is 14.9 Å². The van der Waals surface area contributed by atoms with Gasteiger partial charge < -0.3 is 15.0 Å². The van der Waals surface area contributed by atoms with Gasteiger partial charge in [0.05, 0.1) is 23.8 Å². The molecule has 0 spiro atoms. The Morgan fingerprint density at radius 3 is 2.81 bits per heavy atom. The van der Waals surface area contributed by atoms with Crippen LogP contribution in [0.15, 0.2) is 47.3 Å². The van der Waals surface area contributed by atoms with Gasteiger partial charge in [0.15, 0.2) is 0 Å². The van der Waals surface area contributed by atoms with E-state index in [4.69, 9.17) is 17.0 Å². The van der Waals surface area contributed by atoms with Gasteiger partial charge in [0.25, 0.3) is 5.56 Å². The summed E-state index contributed by atoms with van der Waals surface area (Å²) in [7, 11) is 1.64. The molecule has 0 fully saturated rings. The first-order valence-corrected chi connectivity index (χ1v) is 10.2. The number of ether oxygens (including phenoxy) is 1. The Morgan fingerprint density at radius 1 is 1.31 bits per heavy atom. The summed E-state index contributed by atoms with van der Waals surface area (Å²) in [5.74, 6) is 1.94. The van der Waals surface area contributed by atoms with E-state index >= 15 is 0 Å². The molecule has 26 heavy (non-hydrogen) atoms. The Kier molecular flexibility index (Phi) is 6.49. The number of nitrogens with zero attached hydrogens (tertiary/aromatic N) is 1. The van der Waals surface area contributed by atoms with Gasteiger partial charge in [-0.15, -0.1) is 0 Å². The Balaban J connectivity index is 1.58. The molecule has 0 saturated carbocycles. The second-order valence-electron chi connectivity index (χ2n) is 5.45. The Labute approximate surface area is 174 Å². The Bertz CT molecular complexity index is 990. The number of benzene rings is 2. The number of aromatic amines is 1. The smallest absolute Gasteiger partial charge is 0.258 e. The molecule has 0 aliphatic rings. The SMILES string of the molecule is COc1ccc(CNC(=S)SCc2nc3ccc(I)cc3c(=O)[nH]2)cc1. The number of hydrogen-bond donors (Lipinski definition) is 2. The van der Waals surface area contributed by atoms with E-state index in [1.54, 1.807) is 7.11 Å². The maximum Gasteiger partial charge on any atom is 0.258 e. The number of thioether (sulfide) groups is 1. The number of H-pyrrole nitrogens is 1. The second-order valence-corrected chi connectivity index (χ2v) is 8.35. The molecule has 0 aliphatic heterocycles. The number of halogens is 1. The zero-order valence-corrected chi connectivity index (χ0v) is 17.7. The first kappa shape index (κ1) is 19.1. The van der Waals surface area contributed by atoms with Crippen molar-refractivity contribution in [2.75, 3.05) is 7.11 Å². The van der Waals surface area contributed by atoms with Crippen molar-refractivity contribution in [2.45, 2.75) is 12.3 Å². The lowest BCUT2D eigenvalue weighted by Crippen LogP contribution is -2.18. The van der Waals surface area contributed by atoms with Crippen molar-refractivity contribution in [1.29, 1.82) is 0 Å². The fraction of sp³-hybridized carbons (Fsp3) is 0.167. The molecule has 1 heterocycles. The van der Waals surface area contributed by atoms with Crippen LogP contribution < -0.4 is 15.6 Å². The summed E-state index contributed by atoms with van der Waals surface area (Å²) in [6.45, 7) is 0.635. The van der Waals surface area contributed by atoms with Crippen molar-refractivity contribution < 1.29 is 4.74 Å². The Morgan fingerprint density at radius 2 is 2.08 bits per heavy atom. The summed E-state index contributed by atoms with van der Waals surface area (Å²) < 4.78 is 6.81. The number of hydrogen-bond acceptors (Lipinski definition) is 5. The number of fused-ring (bicyclic) bond motifs is 1. The highest BCUT2D eigenvalue weighted by Gasteiger charge is 2.06. The van der Waals surface area contributed by atoms with Crippen LogP contribution in [-0.4, -0.2) is 21.4 Å². The van der Waals surface area contributed by atoms with Crippen LogP contribution in [0.2, 0.25) is 0 Å². The van der Waals surface area contributed by atoms with Crippen molar-refractivity contribution in [1.82, 2.24) is 15.3 Å². The molecule has 0 unspecified atom stereocenters. The van der Waals surface area contributed by atoms with Crippen molar-refractivity contribution in [2.24, 2.45) is 0 Å². The number of methoxy groups -OCH3 is 1. The molecule has 0 amide bonds. The van der Waals surface area contributed by atoms with Crippen molar-refractivity contribution in [3.05, 3.63) is 67.8 Å². The van der Waals surface area contributed by atoms with Crippen molar-refractivity contribution >= 4 is 61.8 Å². The van der Waals surface area contributed by atoms with Crippen LogP contribution in [0.1, 0.15) is 11.4 Å². The molecule has 2 N–H and O–H groups in total. The van der Waals surface area contributed by atoms with E-state index in [1.807, 2.05) is 42.5 Å². The van der Waals surface area contributed by atoms with Gasteiger partial charge in [0.1, 0.15) is 15.9 Å². The maximum atomic E-state index is 12.2. The van der Waals surface area contributed by atoms with E-state index in [1.165, 1.54) is 11.8 Å². The van der Waals surface area contributed by atoms with E-state index in [9.17, 15) is 4.79 Å². The van der Waals surface area contributed by atoms with E-state index in [0.29, 0.717) is 33.3 Å². The maximum absolute atomic E-state index is 12.2. The molecule has 0 atom stereocenters. The quantitative estimate of drug-likeness (QED) is 0.413. The molecule has 1 aromatic heterocycles. The molecule has 0 radical (unpaired) electrons. The average molecular weight is 497 g/mol. The fourth-order valence-electron chi connectivity index (χ4n) is 2.33. The first-order valence-electron chi connectivity index (χ1n) is 7.77. The minimum atomic E-state index is -0.124. The summed E-state index contributed by atoms with van der Waals surface area (Å²) in [6, 6.07) is 13.4. The van der Waals surface area contributed by atoms with Gasteiger partial charge in [-0.1, -0.05) is 36.1 Å². The number of nitrogens with one attached hydrogen (secondary N) is 2. The lowest BCUT2D eigenvalue weighted by atomic mass is 10.2. The first-order chi connectivity index (χ1) is 12.5. The fourth-order valence-corrected chi connectivity index (χ4v) is 3.65. The lowest BCUT2D eigenvalue weighted by Gasteiger charge is -2.08. The highest BCUT2D eigenvalue weighted by molar-refractivity contribution is 14.1. The molecule has 8 heteroatoms. The third kappa shape index (κ3) is 4.95. The second kappa shape index (κ2) is 8.83. The van der Waals surface area contributed by atoms with Gasteiger partial charge in [-0.05, 0) is 58.5 Å². The van der Waals surface area contributed by atoms with Gasteiger partial charge in [-0.2, -0.15) is 0 Å². The van der Waals surface area contributed by atoms with Crippen LogP contribution in [-0.2, 0) is 12.3 Å². The summed E-state index contributed by atoms with van der Waals surface area (Å²) >= 11 is 8.97. The molecule has 5 nitrogen and oxygen atoms in total. The molecule has 2 aromatic carbocycles. The van der Waals surface area contributed by atoms with Crippen LogP contribution in [0, 0.1) is 3.57 Å². The van der Waals surface area contributed by atoms with Crippen LogP contribution in [0.5, 0.6) is 5.75 Å². The predicted octanol–water partition coefficient (Wildman–Crippen LogP) is 3.84. The van der Waals surface area contributed by atoms with Crippen LogP contribution >= 0.6 is 46.6 Å². The molecule has 3 rings (SSSR count). The third-order valence-corrected chi connectivity index (χ3v) is 5.65. The van der Waals surface area contributed by atoms with Gasteiger partial charge in [-0.25, -0.2) is 4.98 Å². The van der Waals surface area contributed by atoms with E-state index in [2.05, 4.69) is 37.9 Å². The van der Waals surface area contributed by atoms with E-state index < -0.39 is 0 Å². The molecular weight excluding hydrogens is 481 g/mol. The number of thiocarbonyl (C=S) groups is 1. The van der Waals surface area contributed by atoms with Crippen LogP contribution in [0.4, 0.5) is 0 Å². The Hall–Kier alpha value is -1.65. The monoisotopic (exact) mass is 497 g/mol. The summed E-state index contributed by atoms with van der Waals surface area (Å²) in [4.78, 5) is 19.5. The summed E-state index contributed by atoms with van der Waals surface area (Å²) in [5.41, 5.74) is 1.68. The zero-order valence-electron chi connectivity index (χ0n) is 13.9. The standard InChI is InChI=1S/C18H16IN3O2S2/c1-24-13-5-2-11(3-6-13)9-20-18(25)26-10-16-21-15-7-4-12(19)8-14(15)17(23)22-16/h2-8H,9-10H2,1H3,(H,20,25)(H,21,22,23). The predicted molar refractivity (Wildman–Crippen MR) is 119 cm³/mol. The highest BCUT2D eigenvalue weighted by atomic mass is 127.